The molecule has 0 bridgehead atoms. The average Bonchev–Trinajstić information content (AvgIpc) is 1.65. The molecule has 0 aliphatic rings. The van der Waals surface area contributed by atoms with Gasteiger partial charge in [-0.1, -0.05) is 6.92 Å². The van der Waals surface area contributed by atoms with Crippen LogP contribution in [0, 0.1) is 0 Å². The minimum atomic E-state index is -0.392. The first-order valence-electron chi connectivity index (χ1n) is 1.62. The maximum atomic E-state index is 9.83. The van der Waals surface area contributed by atoms with Crippen molar-refractivity contribution in [2.75, 3.05) is 0 Å². The zero-order valence-electron chi connectivity index (χ0n) is 3.81. The second-order valence-corrected chi connectivity index (χ2v) is 0.957. The van der Waals surface area contributed by atoms with Gasteiger partial charge >= 0.3 is 5.97 Å². The SMILES string of the molecule is CCC(=O)OCl.Cl. The zero-order chi connectivity index (χ0) is 4.99. The van der Waals surface area contributed by atoms with E-state index >= 15 is 0 Å². The van der Waals surface area contributed by atoms with E-state index in [1.165, 1.54) is 0 Å². The highest BCUT2D eigenvalue weighted by Gasteiger charge is 1.90. The van der Waals surface area contributed by atoms with Crippen LogP contribution in [0.5, 0.6) is 0 Å². The molecule has 0 aliphatic heterocycles. The molecule has 4 heteroatoms. The fourth-order valence-electron chi connectivity index (χ4n) is 0.0546. The number of hydrogen-bond donors (Lipinski definition) is 0. The Labute approximate surface area is 53.4 Å². The Morgan fingerprint density at radius 3 is 2.29 bits per heavy atom. The Bertz CT molecular complexity index is 48.9. The van der Waals surface area contributed by atoms with Crippen LogP contribution in [0.4, 0.5) is 0 Å². The third kappa shape index (κ3) is 6.05. The van der Waals surface area contributed by atoms with Gasteiger partial charge in [0.2, 0.25) is 0 Å². The summed E-state index contributed by atoms with van der Waals surface area (Å²) >= 11 is 4.60. The van der Waals surface area contributed by atoms with E-state index in [0.717, 1.165) is 0 Å². The topological polar surface area (TPSA) is 26.3 Å². The van der Waals surface area contributed by atoms with Crippen LogP contribution in [-0.2, 0) is 9.08 Å². The fourth-order valence-corrected chi connectivity index (χ4v) is 0.164. The van der Waals surface area contributed by atoms with Gasteiger partial charge in [-0.3, -0.25) is 4.79 Å². The maximum absolute atomic E-state index is 9.83. The lowest BCUT2D eigenvalue weighted by Crippen LogP contribution is -1.90. The number of carbonyl (C=O) groups is 1. The smallest absolute Gasteiger partial charge is 0.324 e. The van der Waals surface area contributed by atoms with E-state index in [4.69, 9.17) is 0 Å². The summed E-state index contributed by atoms with van der Waals surface area (Å²) in [4.78, 5) is 9.83. The monoisotopic (exact) mass is 144 g/mol. The van der Waals surface area contributed by atoms with Crippen molar-refractivity contribution in [2.45, 2.75) is 13.3 Å². The van der Waals surface area contributed by atoms with Crippen LogP contribution in [0.2, 0.25) is 0 Å². The molecule has 0 spiro atoms. The van der Waals surface area contributed by atoms with E-state index in [2.05, 4.69) is 16.2 Å². The summed E-state index contributed by atoms with van der Waals surface area (Å²) in [5, 5.41) is 0. The number of halogens is 2. The fraction of sp³-hybridized carbons (Fsp3) is 0.667. The van der Waals surface area contributed by atoms with Gasteiger partial charge in [-0.15, -0.1) is 12.4 Å². The summed E-state index contributed by atoms with van der Waals surface area (Å²) in [5.41, 5.74) is 0. The molecule has 0 amide bonds. The van der Waals surface area contributed by atoms with Crippen molar-refractivity contribution in [1.29, 1.82) is 0 Å². The van der Waals surface area contributed by atoms with Gasteiger partial charge in [0.1, 0.15) is 11.9 Å². The van der Waals surface area contributed by atoms with Crippen LogP contribution >= 0.6 is 24.3 Å². The Kier molecular flexibility index (Phi) is 8.75. The highest BCUT2D eigenvalue weighted by molar-refractivity contribution is 6.13. The lowest BCUT2D eigenvalue weighted by molar-refractivity contribution is -0.133. The molecule has 0 saturated heterocycles. The molecule has 0 aromatic heterocycles. The molecule has 44 valence electrons. The molecule has 2 nitrogen and oxygen atoms in total. The molecule has 7 heavy (non-hydrogen) atoms. The molecule has 0 aliphatic carbocycles. The van der Waals surface area contributed by atoms with Crippen molar-refractivity contribution in [3.8, 4) is 0 Å². The largest absolute Gasteiger partial charge is 0.348 e. The molecule has 0 heterocycles. The normalized spacial score (nSPS) is 6.57. The minimum Gasteiger partial charge on any atom is -0.348 e. The lowest BCUT2D eigenvalue weighted by atomic mass is 10.5. The van der Waals surface area contributed by atoms with Gasteiger partial charge in [-0.2, -0.15) is 0 Å². The van der Waals surface area contributed by atoms with Crippen molar-refractivity contribution < 1.29 is 9.08 Å². The van der Waals surface area contributed by atoms with E-state index in [1.54, 1.807) is 6.92 Å². The van der Waals surface area contributed by atoms with Crippen molar-refractivity contribution in [1.82, 2.24) is 0 Å². The van der Waals surface area contributed by atoms with Crippen molar-refractivity contribution in [3.63, 3.8) is 0 Å². The lowest BCUT2D eigenvalue weighted by Gasteiger charge is -1.81. The number of hydrogen-bond acceptors (Lipinski definition) is 2. The predicted octanol–water partition coefficient (Wildman–Crippen LogP) is 1.52. The average molecular weight is 145 g/mol. The first-order valence-corrected chi connectivity index (χ1v) is 1.93. The van der Waals surface area contributed by atoms with Crippen LogP contribution < -0.4 is 0 Å². The van der Waals surface area contributed by atoms with E-state index in [1.807, 2.05) is 0 Å². The molecular formula is C3H6Cl2O2. The molecule has 0 atom stereocenters. The molecule has 0 saturated carbocycles. The summed E-state index contributed by atoms with van der Waals surface area (Å²) in [7, 11) is 0. The van der Waals surface area contributed by atoms with Crippen LogP contribution in [0.3, 0.4) is 0 Å². The molecular weight excluding hydrogens is 139 g/mol. The summed E-state index contributed by atoms with van der Waals surface area (Å²) < 4.78 is 3.73. The van der Waals surface area contributed by atoms with Gasteiger partial charge in [0, 0.05) is 6.42 Å². The maximum Gasteiger partial charge on any atom is 0.324 e. The Morgan fingerprint density at radius 2 is 2.29 bits per heavy atom. The van der Waals surface area contributed by atoms with Gasteiger partial charge in [0.05, 0.1) is 0 Å². The van der Waals surface area contributed by atoms with Crippen molar-refractivity contribution in [2.24, 2.45) is 0 Å². The van der Waals surface area contributed by atoms with Crippen molar-refractivity contribution in [3.05, 3.63) is 0 Å². The zero-order valence-corrected chi connectivity index (χ0v) is 5.38. The van der Waals surface area contributed by atoms with E-state index in [0.29, 0.717) is 6.42 Å². The molecule has 0 aromatic rings. The van der Waals surface area contributed by atoms with Crippen LogP contribution in [0.15, 0.2) is 0 Å². The predicted molar refractivity (Wildman–Crippen MR) is 29.5 cm³/mol. The van der Waals surface area contributed by atoms with Crippen LogP contribution in [0.25, 0.3) is 0 Å². The van der Waals surface area contributed by atoms with Crippen LogP contribution in [-0.4, -0.2) is 5.97 Å². The highest BCUT2D eigenvalue weighted by Crippen LogP contribution is 1.84. The summed E-state index contributed by atoms with van der Waals surface area (Å²) in [6.45, 7) is 1.67. The summed E-state index contributed by atoms with van der Waals surface area (Å²) in [6, 6.07) is 0. The van der Waals surface area contributed by atoms with Gasteiger partial charge in [-0.05, 0) is 0 Å². The van der Waals surface area contributed by atoms with Gasteiger partial charge in [-0.25, -0.2) is 0 Å². The quantitative estimate of drug-likeness (QED) is 0.558. The Hall–Kier alpha value is 0.0500. The third-order valence-electron chi connectivity index (χ3n) is 0.375. The van der Waals surface area contributed by atoms with Gasteiger partial charge in [0.25, 0.3) is 0 Å². The summed E-state index contributed by atoms with van der Waals surface area (Å²) in [5.74, 6) is -0.392. The first-order chi connectivity index (χ1) is 2.81. The molecule has 0 N–H and O–H groups in total. The standard InChI is InChI=1S/C3H5ClO2.ClH/c1-2-3(5)6-4;/h2H2,1H3;1H. The van der Waals surface area contributed by atoms with Gasteiger partial charge in [0.15, 0.2) is 0 Å². The molecule has 0 rings (SSSR count). The summed E-state index contributed by atoms with van der Waals surface area (Å²) in [6.07, 6.45) is 0.337. The molecule has 0 radical (unpaired) electrons. The van der Waals surface area contributed by atoms with E-state index in [-0.39, 0.29) is 12.4 Å². The first kappa shape index (κ1) is 10.1. The second kappa shape index (κ2) is 6.05. The molecule has 0 fully saturated rings. The molecule has 0 unspecified atom stereocenters. The molecule has 0 aromatic carbocycles. The Morgan fingerprint density at radius 1 is 1.86 bits per heavy atom. The van der Waals surface area contributed by atoms with Gasteiger partial charge < -0.3 is 4.29 Å². The number of carbonyl (C=O) groups excluding carboxylic acids is 1. The Balaban J connectivity index is 0. The second-order valence-electron chi connectivity index (χ2n) is 0.803. The highest BCUT2D eigenvalue weighted by atomic mass is 35.5. The van der Waals surface area contributed by atoms with E-state index < -0.39 is 5.97 Å². The van der Waals surface area contributed by atoms with Crippen molar-refractivity contribution >= 4 is 30.2 Å². The van der Waals surface area contributed by atoms with E-state index in [9.17, 15) is 4.79 Å². The number of rotatable bonds is 1. The minimum absolute atomic E-state index is 0. The van der Waals surface area contributed by atoms with Crippen LogP contribution in [0.1, 0.15) is 13.3 Å². The third-order valence-corrected chi connectivity index (χ3v) is 0.547.